The SMILES string of the molecule is Nc1nc(Oc2ccc(Cl)cc2)c(F)cc1F. The Morgan fingerprint density at radius 1 is 1.12 bits per heavy atom. The number of aromatic nitrogens is 1. The van der Waals surface area contributed by atoms with Crippen molar-refractivity contribution in [3.63, 3.8) is 0 Å². The molecule has 0 amide bonds. The number of ether oxygens (including phenoxy) is 1. The van der Waals surface area contributed by atoms with Crippen LogP contribution in [0.5, 0.6) is 11.6 Å². The van der Waals surface area contributed by atoms with Crippen molar-refractivity contribution in [3.05, 3.63) is 47.0 Å². The van der Waals surface area contributed by atoms with Crippen molar-refractivity contribution in [2.45, 2.75) is 0 Å². The van der Waals surface area contributed by atoms with Gasteiger partial charge in [-0.25, -0.2) is 8.78 Å². The highest BCUT2D eigenvalue weighted by molar-refractivity contribution is 6.30. The molecule has 0 atom stereocenters. The highest BCUT2D eigenvalue weighted by Crippen LogP contribution is 2.25. The molecule has 0 bridgehead atoms. The molecule has 0 aliphatic heterocycles. The fourth-order valence-corrected chi connectivity index (χ4v) is 1.27. The minimum Gasteiger partial charge on any atom is -0.436 e. The van der Waals surface area contributed by atoms with Gasteiger partial charge < -0.3 is 10.5 Å². The quantitative estimate of drug-likeness (QED) is 0.896. The molecular formula is C11H7ClF2N2O. The van der Waals surface area contributed by atoms with Crippen LogP contribution in [-0.4, -0.2) is 4.98 Å². The molecule has 1 aromatic carbocycles. The first-order valence-corrected chi connectivity index (χ1v) is 4.99. The van der Waals surface area contributed by atoms with Crippen LogP contribution in [0.1, 0.15) is 0 Å². The molecular weight excluding hydrogens is 250 g/mol. The van der Waals surface area contributed by atoms with Crippen LogP contribution >= 0.6 is 11.6 Å². The monoisotopic (exact) mass is 256 g/mol. The number of nitrogens with two attached hydrogens (primary N) is 1. The molecule has 0 fully saturated rings. The van der Waals surface area contributed by atoms with Gasteiger partial charge in [-0.15, -0.1) is 0 Å². The average Bonchev–Trinajstić information content (AvgIpc) is 2.29. The summed E-state index contributed by atoms with van der Waals surface area (Å²) in [6.07, 6.45) is 0. The first-order chi connectivity index (χ1) is 8.06. The third-order valence-electron chi connectivity index (χ3n) is 1.95. The maximum absolute atomic E-state index is 13.3. The van der Waals surface area contributed by atoms with E-state index in [1.165, 1.54) is 12.1 Å². The van der Waals surface area contributed by atoms with E-state index in [-0.39, 0.29) is 5.88 Å². The van der Waals surface area contributed by atoms with Crippen molar-refractivity contribution < 1.29 is 13.5 Å². The van der Waals surface area contributed by atoms with Gasteiger partial charge in [0.15, 0.2) is 17.5 Å². The van der Waals surface area contributed by atoms with E-state index in [2.05, 4.69) is 4.98 Å². The largest absolute Gasteiger partial charge is 0.436 e. The van der Waals surface area contributed by atoms with Crippen LogP contribution in [0.2, 0.25) is 5.02 Å². The summed E-state index contributed by atoms with van der Waals surface area (Å²) in [6, 6.07) is 6.82. The molecule has 1 heterocycles. The Morgan fingerprint density at radius 2 is 1.76 bits per heavy atom. The van der Waals surface area contributed by atoms with Gasteiger partial charge in [0.25, 0.3) is 5.88 Å². The van der Waals surface area contributed by atoms with Crippen LogP contribution in [-0.2, 0) is 0 Å². The molecule has 3 nitrogen and oxygen atoms in total. The Morgan fingerprint density at radius 3 is 2.41 bits per heavy atom. The summed E-state index contributed by atoms with van der Waals surface area (Å²) >= 11 is 5.68. The van der Waals surface area contributed by atoms with E-state index < -0.39 is 17.5 Å². The van der Waals surface area contributed by atoms with E-state index >= 15 is 0 Å². The molecule has 17 heavy (non-hydrogen) atoms. The summed E-state index contributed by atoms with van der Waals surface area (Å²) in [5, 5.41) is 0.518. The van der Waals surface area contributed by atoms with Gasteiger partial charge in [-0.3, -0.25) is 0 Å². The topological polar surface area (TPSA) is 48.1 Å². The normalized spacial score (nSPS) is 10.3. The van der Waals surface area contributed by atoms with Gasteiger partial charge in [-0.2, -0.15) is 4.98 Å². The van der Waals surface area contributed by atoms with Crippen LogP contribution in [0.25, 0.3) is 0 Å². The first-order valence-electron chi connectivity index (χ1n) is 4.61. The summed E-state index contributed by atoms with van der Waals surface area (Å²) in [5.74, 6) is -2.33. The number of hydrogen-bond donors (Lipinski definition) is 1. The minimum atomic E-state index is -0.925. The zero-order valence-corrected chi connectivity index (χ0v) is 9.21. The number of halogens is 3. The number of anilines is 1. The smallest absolute Gasteiger partial charge is 0.258 e. The van der Waals surface area contributed by atoms with Crippen LogP contribution in [0, 0.1) is 11.6 Å². The van der Waals surface area contributed by atoms with Gasteiger partial charge in [0, 0.05) is 11.1 Å². The lowest BCUT2D eigenvalue weighted by atomic mass is 10.3. The van der Waals surface area contributed by atoms with E-state index in [0.717, 1.165) is 0 Å². The lowest BCUT2D eigenvalue weighted by molar-refractivity contribution is 0.418. The van der Waals surface area contributed by atoms with Gasteiger partial charge in [0.05, 0.1) is 0 Å². The first kappa shape index (κ1) is 11.6. The second kappa shape index (κ2) is 4.55. The van der Waals surface area contributed by atoms with Crippen molar-refractivity contribution in [3.8, 4) is 11.6 Å². The maximum Gasteiger partial charge on any atom is 0.258 e. The molecule has 0 aliphatic carbocycles. The number of hydrogen-bond acceptors (Lipinski definition) is 3. The Kier molecular flexibility index (Phi) is 3.10. The number of rotatable bonds is 2. The third kappa shape index (κ3) is 2.62. The Balaban J connectivity index is 2.30. The zero-order valence-electron chi connectivity index (χ0n) is 8.45. The summed E-state index contributed by atoms with van der Waals surface area (Å²) in [4.78, 5) is 3.46. The van der Waals surface area contributed by atoms with E-state index in [1.807, 2.05) is 0 Å². The molecule has 0 spiro atoms. The van der Waals surface area contributed by atoms with Gasteiger partial charge in [-0.1, -0.05) is 11.6 Å². The standard InChI is InChI=1S/C11H7ClF2N2O/c12-6-1-3-7(4-2-6)17-11-9(14)5-8(13)10(15)16-11/h1-5H,(H2,15,16). The molecule has 0 saturated heterocycles. The number of benzene rings is 1. The fraction of sp³-hybridized carbons (Fsp3) is 0. The summed E-state index contributed by atoms with van der Waals surface area (Å²) in [7, 11) is 0. The molecule has 0 radical (unpaired) electrons. The van der Waals surface area contributed by atoms with E-state index in [4.69, 9.17) is 22.1 Å². The summed E-state index contributed by atoms with van der Waals surface area (Å²) in [6.45, 7) is 0. The lowest BCUT2D eigenvalue weighted by Crippen LogP contribution is -2.00. The van der Waals surface area contributed by atoms with Gasteiger partial charge in [0.1, 0.15) is 5.75 Å². The molecule has 88 valence electrons. The van der Waals surface area contributed by atoms with Crippen molar-refractivity contribution in [1.29, 1.82) is 0 Å². The van der Waals surface area contributed by atoms with Crippen LogP contribution in [0.15, 0.2) is 30.3 Å². The Labute approximate surface area is 101 Å². The van der Waals surface area contributed by atoms with Crippen LogP contribution in [0.4, 0.5) is 14.6 Å². The van der Waals surface area contributed by atoms with Crippen LogP contribution in [0.3, 0.4) is 0 Å². The van der Waals surface area contributed by atoms with Gasteiger partial charge >= 0.3 is 0 Å². The number of nitrogen functional groups attached to an aromatic ring is 1. The maximum atomic E-state index is 13.3. The molecule has 6 heteroatoms. The van der Waals surface area contributed by atoms with E-state index in [0.29, 0.717) is 16.8 Å². The molecule has 0 saturated carbocycles. The zero-order chi connectivity index (χ0) is 12.4. The predicted octanol–water partition coefficient (Wildman–Crippen LogP) is 3.39. The van der Waals surface area contributed by atoms with E-state index in [1.54, 1.807) is 12.1 Å². The summed E-state index contributed by atoms with van der Waals surface area (Å²) in [5.41, 5.74) is 5.21. The van der Waals surface area contributed by atoms with Crippen molar-refractivity contribution >= 4 is 17.4 Å². The highest BCUT2D eigenvalue weighted by Gasteiger charge is 2.11. The van der Waals surface area contributed by atoms with Crippen molar-refractivity contribution in [2.75, 3.05) is 5.73 Å². The second-order valence-corrected chi connectivity index (χ2v) is 3.63. The summed E-state index contributed by atoms with van der Waals surface area (Å²) < 4.78 is 31.2. The lowest BCUT2D eigenvalue weighted by Gasteiger charge is -2.06. The van der Waals surface area contributed by atoms with Crippen molar-refractivity contribution in [1.82, 2.24) is 4.98 Å². The molecule has 2 N–H and O–H groups in total. The average molecular weight is 257 g/mol. The Hall–Kier alpha value is -1.88. The number of pyridine rings is 1. The minimum absolute atomic E-state index is 0.326. The number of nitrogens with zero attached hydrogens (tertiary/aromatic N) is 1. The third-order valence-corrected chi connectivity index (χ3v) is 2.20. The molecule has 2 aromatic rings. The second-order valence-electron chi connectivity index (χ2n) is 3.20. The van der Waals surface area contributed by atoms with Crippen LogP contribution < -0.4 is 10.5 Å². The van der Waals surface area contributed by atoms with Gasteiger partial charge in [0.2, 0.25) is 0 Å². The van der Waals surface area contributed by atoms with Crippen molar-refractivity contribution in [2.24, 2.45) is 0 Å². The molecule has 2 rings (SSSR count). The molecule has 0 aliphatic rings. The predicted molar refractivity (Wildman–Crippen MR) is 60.1 cm³/mol. The molecule has 1 aromatic heterocycles. The Bertz CT molecular complexity index is 546. The fourth-order valence-electron chi connectivity index (χ4n) is 1.15. The molecule has 0 unspecified atom stereocenters. The highest BCUT2D eigenvalue weighted by atomic mass is 35.5. The van der Waals surface area contributed by atoms with E-state index in [9.17, 15) is 8.78 Å². The van der Waals surface area contributed by atoms with Gasteiger partial charge in [-0.05, 0) is 24.3 Å².